The van der Waals surface area contributed by atoms with E-state index >= 15 is 0 Å². The zero-order valence-electron chi connectivity index (χ0n) is 7.86. The van der Waals surface area contributed by atoms with Gasteiger partial charge in [0.25, 0.3) is 0 Å². The molecule has 0 aromatic rings. The van der Waals surface area contributed by atoms with E-state index in [1.54, 1.807) is 11.8 Å². The van der Waals surface area contributed by atoms with Gasteiger partial charge in [-0.2, -0.15) is 11.8 Å². The molecular weight excluding hydrogens is 204 g/mol. The molecule has 1 aliphatic rings. The van der Waals surface area contributed by atoms with Crippen molar-refractivity contribution in [3.05, 3.63) is 0 Å². The summed E-state index contributed by atoms with van der Waals surface area (Å²) < 4.78 is 0. The first-order valence-electron chi connectivity index (χ1n) is 4.55. The molecule has 0 bridgehead atoms. The summed E-state index contributed by atoms with van der Waals surface area (Å²) in [4.78, 5) is 21.3. The second-order valence-electron chi connectivity index (χ2n) is 3.75. The Labute approximate surface area is 86.7 Å². The van der Waals surface area contributed by atoms with Gasteiger partial charge in [0.2, 0.25) is 0 Å². The van der Waals surface area contributed by atoms with Crippen molar-refractivity contribution in [3.8, 4) is 0 Å². The molecule has 1 aliphatic heterocycles. The quantitative estimate of drug-likeness (QED) is 0.747. The Kier molecular flexibility index (Phi) is 3.80. The Hall–Kier alpha value is -0.710. The van der Waals surface area contributed by atoms with E-state index < -0.39 is 17.4 Å². The highest BCUT2D eigenvalue weighted by Gasteiger charge is 2.36. The first-order valence-corrected chi connectivity index (χ1v) is 5.71. The second-order valence-corrected chi connectivity index (χ2v) is 4.98. The van der Waals surface area contributed by atoms with Gasteiger partial charge >= 0.3 is 11.9 Å². The van der Waals surface area contributed by atoms with Gasteiger partial charge in [-0.25, -0.2) is 0 Å². The van der Waals surface area contributed by atoms with Crippen LogP contribution in [0.15, 0.2) is 0 Å². The van der Waals surface area contributed by atoms with Gasteiger partial charge in [0.05, 0.1) is 12.8 Å². The monoisotopic (exact) mass is 218 g/mol. The molecule has 1 rings (SSSR count). The number of rotatable bonds is 4. The maximum atomic E-state index is 10.7. The van der Waals surface area contributed by atoms with Crippen molar-refractivity contribution in [1.29, 1.82) is 0 Å². The molecule has 0 spiro atoms. The van der Waals surface area contributed by atoms with Crippen LogP contribution in [0.25, 0.3) is 0 Å². The first kappa shape index (κ1) is 11.4. The summed E-state index contributed by atoms with van der Waals surface area (Å²) in [5, 5.41) is 17.5. The largest absolute Gasteiger partial charge is 0.481 e. The number of carbonyl (C=O) groups is 2. The minimum Gasteiger partial charge on any atom is -0.481 e. The minimum absolute atomic E-state index is 0.0140. The summed E-state index contributed by atoms with van der Waals surface area (Å²) in [6.07, 6.45) is 1.38. The number of aliphatic carboxylic acids is 2. The van der Waals surface area contributed by atoms with E-state index in [-0.39, 0.29) is 12.8 Å². The van der Waals surface area contributed by atoms with Crippen LogP contribution in [0.1, 0.15) is 25.7 Å². The van der Waals surface area contributed by atoms with Gasteiger partial charge in [-0.05, 0) is 29.8 Å². The predicted octanol–water partition coefficient (Wildman–Crippen LogP) is 1.45. The highest BCUT2D eigenvalue weighted by atomic mass is 32.2. The van der Waals surface area contributed by atoms with Crippen molar-refractivity contribution < 1.29 is 19.8 Å². The van der Waals surface area contributed by atoms with Gasteiger partial charge in [-0.15, -0.1) is 0 Å². The van der Waals surface area contributed by atoms with Crippen molar-refractivity contribution in [3.63, 3.8) is 0 Å². The van der Waals surface area contributed by atoms with E-state index in [1.165, 1.54) is 0 Å². The SMILES string of the molecule is O=C(O)CC1(CC(=O)O)CCSCC1. The zero-order chi connectivity index (χ0) is 10.6. The molecule has 14 heavy (non-hydrogen) atoms. The number of carboxylic acid groups (broad SMARTS) is 2. The van der Waals surface area contributed by atoms with Gasteiger partial charge < -0.3 is 10.2 Å². The summed E-state index contributed by atoms with van der Waals surface area (Å²) in [7, 11) is 0. The van der Waals surface area contributed by atoms with E-state index in [0.717, 1.165) is 11.5 Å². The van der Waals surface area contributed by atoms with Crippen LogP contribution in [0, 0.1) is 5.41 Å². The standard InChI is InChI=1S/C9H14O4S/c10-7(11)5-9(6-8(12)13)1-3-14-4-2-9/h1-6H2,(H,10,11)(H,12,13). The van der Waals surface area contributed by atoms with Gasteiger partial charge in [0.1, 0.15) is 0 Å². The van der Waals surface area contributed by atoms with Crippen LogP contribution in [0.5, 0.6) is 0 Å². The van der Waals surface area contributed by atoms with Crippen molar-refractivity contribution in [1.82, 2.24) is 0 Å². The summed E-state index contributed by atoms with van der Waals surface area (Å²) >= 11 is 1.77. The Balaban J connectivity index is 2.66. The molecule has 0 unspecified atom stereocenters. The van der Waals surface area contributed by atoms with Crippen LogP contribution in [0.4, 0.5) is 0 Å². The molecule has 0 amide bonds. The highest BCUT2D eigenvalue weighted by molar-refractivity contribution is 7.99. The fraction of sp³-hybridized carbons (Fsp3) is 0.778. The van der Waals surface area contributed by atoms with Crippen molar-refractivity contribution in [2.45, 2.75) is 25.7 Å². The molecule has 5 heteroatoms. The van der Waals surface area contributed by atoms with Gasteiger partial charge in [-0.1, -0.05) is 0 Å². The minimum atomic E-state index is -0.891. The summed E-state index contributed by atoms with van der Waals surface area (Å²) in [6.45, 7) is 0. The Morgan fingerprint density at radius 2 is 1.50 bits per heavy atom. The van der Waals surface area contributed by atoms with E-state index in [4.69, 9.17) is 10.2 Å². The van der Waals surface area contributed by atoms with Crippen LogP contribution in [0.3, 0.4) is 0 Å². The number of hydrogen-bond donors (Lipinski definition) is 2. The Morgan fingerprint density at radius 1 is 1.07 bits per heavy atom. The zero-order valence-corrected chi connectivity index (χ0v) is 8.68. The van der Waals surface area contributed by atoms with E-state index in [1.807, 2.05) is 0 Å². The molecule has 1 heterocycles. The van der Waals surface area contributed by atoms with Crippen molar-refractivity contribution in [2.24, 2.45) is 5.41 Å². The lowest BCUT2D eigenvalue weighted by atomic mass is 9.76. The molecule has 0 aliphatic carbocycles. The van der Waals surface area contributed by atoms with Gasteiger partial charge in [-0.3, -0.25) is 9.59 Å². The molecule has 0 atom stereocenters. The highest BCUT2D eigenvalue weighted by Crippen LogP contribution is 2.40. The van der Waals surface area contributed by atoms with E-state index in [9.17, 15) is 9.59 Å². The Bertz CT molecular complexity index is 215. The third-order valence-corrected chi connectivity index (χ3v) is 3.59. The molecule has 0 radical (unpaired) electrons. The number of thioether (sulfide) groups is 1. The first-order chi connectivity index (χ1) is 6.54. The van der Waals surface area contributed by atoms with E-state index in [2.05, 4.69) is 0 Å². The molecule has 80 valence electrons. The van der Waals surface area contributed by atoms with E-state index in [0.29, 0.717) is 12.8 Å². The molecular formula is C9H14O4S. The lowest BCUT2D eigenvalue weighted by Gasteiger charge is -2.34. The summed E-state index contributed by atoms with van der Waals surface area (Å²) in [5.74, 6) is -0.0301. The third-order valence-electron chi connectivity index (χ3n) is 2.61. The molecule has 0 aromatic carbocycles. The normalized spacial score (nSPS) is 20.3. The number of hydrogen-bond acceptors (Lipinski definition) is 3. The van der Waals surface area contributed by atoms with Crippen LogP contribution in [-0.4, -0.2) is 33.7 Å². The molecule has 0 aromatic heterocycles. The summed E-state index contributed by atoms with van der Waals surface area (Å²) in [5.41, 5.74) is -0.497. The fourth-order valence-corrected chi connectivity index (χ4v) is 3.22. The third kappa shape index (κ3) is 3.21. The lowest BCUT2D eigenvalue weighted by molar-refractivity contribution is -0.144. The molecule has 1 saturated heterocycles. The van der Waals surface area contributed by atoms with Crippen LogP contribution >= 0.6 is 11.8 Å². The van der Waals surface area contributed by atoms with Crippen LogP contribution in [0.2, 0.25) is 0 Å². The lowest BCUT2D eigenvalue weighted by Crippen LogP contribution is -2.31. The smallest absolute Gasteiger partial charge is 0.303 e. The van der Waals surface area contributed by atoms with Crippen molar-refractivity contribution >= 4 is 23.7 Å². The van der Waals surface area contributed by atoms with Gasteiger partial charge in [0.15, 0.2) is 0 Å². The van der Waals surface area contributed by atoms with Crippen LogP contribution < -0.4 is 0 Å². The maximum absolute atomic E-state index is 10.7. The van der Waals surface area contributed by atoms with Crippen LogP contribution in [-0.2, 0) is 9.59 Å². The Morgan fingerprint density at radius 3 is 1.86 bits per heavy atom. The average Bonchev–Trinajstić information content (AvgIpc) is 2.01. The summed E-state index contributed by atoms with van der Waals surface area (Å²) in [6, 6.07) is 0. The molecule has 4 nitrogen and oxygen atoms in total. The predicted molar refractivity (Wildman–Crippen MR) is 53.5 cm³/mol. The number of carboxylic acids is 2. The molecule has 2 N–H and O–H groups in total. The van der Waals surface area contributed by atoms with Gasteiger partial charge in [0, 0.05) is 0 Å². The molecule has 0 saturated carbocycles. The molecule has 1 fully saturated rings. The topological polar surface area (TPSA) is 74.6 Å². The fourth-order valence-electron chi connectivity index (χ4n) is 1.86. The average molecular weight is 218 g/mol. The van der Waals surface area contributed by atoms with Crippen molar-refractivity contribution in [2.75, 3.05) is 11.5 Å². The second kappa shape index (κ2) is 4.68. The maximum Gasteiger partial charge on any atom is 0.303 e.